The van der Waals surface area contributed by atoms with E-state index < -0.39 is 21.7 Å². The molecule has 1 fully saturated rings. The van der Waals surface area contributed by atoms with Gasteiger partial charge in [-0.15, -0.1) is 0 Å². The fourth-order valence-corrected chi connectivity index (χ4v) is 4.13. The summed E-state index contributed by atoms with van der Waals surface area (Å²) in [6.07, 6.45) is 2.21. The largest absolute Gasteiger partial charge is 0.238 e. The standard InChI is InChI=1S/C10H11BrF2S/c1-14(2-3-14)6-7-4-8(11)10(13)5-9(7)12/h4-5H,2-3,6H2,1H3. The summed E-state index contributed by atoms with van der Waals surface area (Å²) in [5.41, 5.74) is 0.647. The quantitative estimate of drug-likeness (QED) is 0.573. The van der Waals surface area contributed by atoms with Crippen LogP contribution in [0, 0.1) is 11.6 Å². The normalized spacial score (nSPS) is 20.6. The van der Waals surface area contributed by atoms with Crippen LogP contribution in [-0.4, -0.2) is 17.8 Å². The van der Waals surface area contributed by atoms with Crippen LogP contribution in [0.4, 0.5) is 8.78 Å². The van der Waals surface area contributed by atoms with Crippen molar-refractivity contribution in [1.29, 1.82) is 0 Å². The van der Waals surface area contributed by atoms with E-state index in [1.807, 2.05) is 0 Å². The van der Waals surface area contributed by atoms with Crippen molar-refractivity contribution in [2.45, 2.75) is 5.75 Å². The van der Waals surface area contributed by atoms with Gasteiger partial charge in [0.15, 0.2) is 0 Å². The molecule has 4 heteroatoms. The van der Waals surface area contributed by atoms with E-state index in [0.717, 1.165) is 11.8 Å². The second kappa shape index (κ2) is 3.49. The first-order chi connectivity index (χ1) is 6.50. The molecule has 14 heavy (non-hydrogen) atoms. The summed E-state index contributed by atoms with van der Waals surface area (Å²) < 4.78 is 26.6. The average Bonchev–Trinajstić information content (AvgIpc) is 2.80. The molecule has 1 heterocycles. The van der Waals surface area contributed by atoms with Gasteiger partial charge < -0.3 is 0 Å². The van der Waals surface area contributed by atoms with E-state index in [0.29, 0.717) is 10.0 Å². The molecule has 0 atom stereocenters. The van der Waals surface area contributed by atoms with Crippen LogP contribution in [-0.2, 0) is 5.75 Å². The van der Waals surface area contributed by atoms with Gasteiger partial charge in [0.1, 0.15) is 11.6 Å². The van der Waals surface area contributed by atoms with E-state index in [1.54, 1.807) is 6.07 Å². The van der Waals surface area contributed by atoms with Gasteiger partial charge >= 0.3 is 0 Å². The van der Waals surface area contributed by atoms with Crippen molar-refractivity contribution in [3.05, 3.63) is 33.8 Å². The van der Waals surface area contributed by atoms with Crippen LogP contribution in [0.5, 0.6) is 0 Å². The maximum atomic E-state index is 13.3. The molecule has 0 N–H and O–H groups in total. The van der Waals surface area contributed by atoms with Crippen molar-refractivity contribution in [1.82, 2.24) is 0 Å². The Morgan fingerprint density at radius 1 is 1.29 bits per heavy atom. The summed E-state index contributed by atoms with van der Waals surface area (Å²) in [6, 6.07) is 2.53. The number of hydrogen-bond acceptors (Lipinski definition) is 0. The van der Waals surface area contributed by atoms with Crippen LogP contribution in [0.25, 0.3) is 0 Å². The lowest BCUT2D eigenvalue weighted by atomic mass is 10.2. The molecule has 0 spiro atoms. The molecule has 0 saturated carbocycles. The van der Waals surface area contributed by atoms with E-state index in [2.05, 4.69) is 22.2 Å². The summed E-state index contributed by atoms with van der Waals surface area (Å²) >= 11 is 3.08. The second-order valence-electron chi connectivity index (χ2n) is 3.89. The van der Waals surface area contributed by atoms with Crippen LogP contribution in [0.15, 0.2) is 16.6 Å². The zero-order valence-electron chi connectivity index (χ0n) is 7.82. The highest BCUT2D eigenvalue weighted by Gasteiger charge is 2.32. The third-order valence-corrected chi connectivity index (χ3v) is 5.91. The molecule has 1 aliphatic heterocycles. The highest BCUT2D eigenvalue weighted by Crippen LogP contribution is 2.60. The second-order valence-corrected chi connectivity index (χ2v) is 8.81. The summed E-state index contributed by atoms with van der Waals surface area (Å²) in [5.74, 6) is 2.30. The molecule has 2 rings (SSSR count). The highest BCUT2D eigenvalue weighted by atomic mass is 79.9. The molecule has 0 nitrogen and oxygen atoms in total. The Morgan fingerprint density at radius 2 is 1.93 bits per heavy atom. The van der Waals surface area contributed by atoms with Gasteiger partial charge in [-0.25, -0.2) is 18.8 Å². The van der Waals surface area contributed by atoms with Gasteiger partial charge in [0.2, 0.25) is 0 Å². The van der Waals surface area contributed by atoms with Gasteiger partial charge in [-0.2, -0.15) is 0 Å². The minimum Gasteiger partial charge on any atom is -0.238 e. The monoisotopic (exact) mass is 280 g/mol. The third-order valence-electron chi connectivity index (χ3n) is 2.49. The number of rotatable bonds is 2. The smallest absolute Gasteiger partial charge is 0.140 e. The summed E-state index contributed by atoms with van der Waals surface area (Å²) in [5, 5.41) is 0. The first-order valence-corrected chi connectivity index (χ1v) is 7.69. The van der Waals surface area contributed by atoms with Crippen molar-refractivity contribution >= 4 is 26.0 Å². The maximum Gasteiger partial charge on any atom is 0.140 e. The summed E-state index contributed by atoms with van der Waals surface area (Å²) in [4.78, 5) is 0. The molecular formula is C10H11BrF2S. The van der Waals surface area contributed by atoms with E-state index in [9.17, 15) is 8.78 Å². The molecule has 1 aliphatic rings. The fourth-order valence-electron chi connectivity index (χ4n) is 1.34. The lowest BCUT2D eigenvalue weighted by molar-refractivity contribution is 0.572. The number of halogens is 3. The molecule has 0 unspecified atom stereocenters. The van der Waals surface area contributed by atoms with Gasteiger partial charge in [-0.05, 0) is 45.3 Å². The molecule has 1 saturated heterocycles. The average molecular weight is 281 g/mol. The molecule has 0 aromatic heterocycles. The zero-order valence-corrected chi connectivity index (χ0v) is 10.2. The topological polar surface area (TPSA) is 0 Å². The lowest BCUT2D eigenvalue weighted by Crippen LogP contribution is -1.94. The predicted octanol–water partition coefficient (Wildman–Crippen LogP) is 3.68. The van der Waals surface area contributed by atoms with Crippen LogP contribution in [0.1, 0.15) is 5.56 Å². The SMILES string of the molecule is CS1(Cc2cc(Br)c(F)cc2F)CC1. The van der Waals surface area contributed by atoms with Crippen LogP contribution >= 0.6 is 26.0 Å². The Hall–Kier alpha value is -0.0900. The van der Waals surface area contributed by atoms with E-state index in [1.165, 1.54) is 11.5 Å². The van der Waals surface area contributed by atoms with Crippen LogP contribution in [0.3, 0.4) is 0 Å². The van der Waals surface area contributed by atoms with Crippen LogP contribution < -0.4 is 0 Å². The van der Waals surface area contributed by atoms with Gasteiger partial charge in [0.25, 0.3) is 0 Å². The molecule has 1 aromatic carbocycles. The Balaban J connectivity index is 2.29. The van der Waals surface area contributed by atoms with E-state index in [-0.39, 0.29) is 0 Å². The van der Waals surface area contributed by atoms with Crippen LogP contribution in [0.2, 0.25) is 0 Å². The summed E-state index contributed by atoms with van der Waals surface area (Å²) in [7, 11) is -0.563. The van der Waals surface area contributed by atoms with E-state index in [4.69, 9.17) is 0 Å². The Morgan fingerprint density at radius 3 is 2.50 bits per heavy atom. The minimum atomic E-state index is -0.563. The van der Waals surface area contributed by atoms with E-state index >= 15 is 0 Å². The van der Waals surface area contributed by atoms with Gasteiger partial charge in [0, 0.05) is 11.8 Å². The molecule has 78 valence electrons. The molecule has 0 amide bonds. The predicted molar refractivity (Wildman–Crippen MR) is 61.0 cm³/mol. The molecule has 0 bridgehead atoms. The fraction of sp³-hybridized carbons (Fsp3) is 0.400. The van der Waals surface area contributed by atoms with Gasteiger partial charge in [-0.1, -0.05) is 0 Å². The number of benzene rings is 1. The third kappa shape index (κ3) is 2.11. The number of hydrogen-bond donors (Lipinski definition) is 0. The maximum absolute atomic E-state index is 13.3. The Labute approximate surface area is 92.1 Å². The molecule has 1 aromatic rings. The first-order valence-electron chi connectivity index (χ1n) is 4.35. The molecular weight excluding hydrogens is 270 g/mol. The zero-order chi connectivity index (χ0) is 10.3. The first kappa shape index (κ1) is 10.4. The lowest BCUT2D eigenvalue weighted by Gasteiger charge is -2.14. The minimum absolute atomic E-state index is 0.359. The van der Waals surface area contributed by atoms with Crippen molar-refractivity contribution in [2.24, 2.45) is 0 Å². The van der Waals surface area contributed by atoms with Crippen molar-refractivity contribution in [3.8, 4) is 0 Å². The summed E-state index contributed by atoms with van der Waals surface area (Å²) in [6.45, 7) is 0. The van der Waals surface area contributed by atoms with Gasteiger partial charge in [0.05, 0.1) is 4.47 Å². The van der Waals surface area contributed by atoms with Crippen molar-refractivity contribution < 1.29 is 8.78 Å². The highest BCUT2D eigenvalue weighted by molar-refractivity contribution is 9.10. The molecule has 0 aliphatic carbocycles. The Bertz CT molecular complexity index is 375. The van der Waals surface area contributed by atoms with Crippen molar-refractivity contribution in [2.75, 3.05) is 17.8 Å². The Kier molecular flexibility index (Phi) is 2.60. The molecule has 0 radical (unpaired) electrons. The van der Waals surface area contributed by atoms with Gasteiger partial charge in [-0.3, -0.25) is 0 Å². The van der Waals surface area contributed by atoms with Crippen molar-refractivity contribution in [3.63, 3.8) is 0 Å².